The van der Waals surface area contributed by atoms with E-state index in [1.807, 2.05) is 0 Å². The van der Waals surface area contributed by atoms with Gasteiger partial charge in [-0.3, -0.25) is 4.79 Å². The molecule has 19 heavy (non-hydrogen) atoms. The maximum atomic E-state index is 13.3. The monoisotopic (exact) mass is 331 g/mol. The summed E-state index contributed by atoms with van der Waals surface area (Å²) in [6.07, 6.45) is 0.507. The number of halogens is 2. The number of aliphatic hydroxyl groups is 1. The third kappa shape index (κ3) is 3.13. The number of hydrogen-bond donors (Lipinski definition) is 1. The van der Waals surface area contributed by atoms with Crippen LogP contribution in [0.4, 0.5) is 4.39 Å². The van der Waals surface area contributed by atoms with Crippen molar-refractivity contribution in [2.45, 2.75) is 18.6 Å². The smallest absolute Gasteiger partial charge is 0.254 e. The maximum absolute atomic E-state index is 13.3. The molecule has 0 radical (unpaired) electrons. The number of hydrogen-bond acceptors (Lipinski definition) is 3. The Morgan fingerprint density at radius 1 is 1.58 bits per heavy atom. The lowest BCUT2D eigenvalue weighted by atomic mass is 10.1. The third-order valence-electron chi connectivity index (χ3n) is 3.29. The summed E-state index contributed by atoms with van der Waals surface area (Å²) in [6.45, 7) is 0.288. The molecule has 6 heteroatoms. The maximum Gasteiger partial charge on any atom is 0.254 e. The van der Waals surface area contributed by atoms with Gasteiger partial charge in [-0.15, -0.1) is 0 Å². The van der Waals surface area contributed by atoms with Gasteiger partial charge in [0.1, 0.15) is 5.82 Å². The number of rotatable bonds is 3. The highest BCUT2D eigenvalue weighted by atomic mass is 79.9. The van der Waals surface area contributed by atoms with Crippen LogP contribution in [0.15, 0.2) is 22.7 Å². The number of likely N-dealkylation sites (tertiary alicyclic amines) is 1. The van der Waals surface area contributed by atoms with Crippen LogP contribution in [0, 0.1) is 5.82 Å². The lowest BCUT2D eigenvalue weighted by Crippen LogP contribution is -2.38. The third-order valence-corrected chi connectivity index (χ3v) is 3.75. The van der Waals surface area contributed by atoms with Crippen molar-refractivity contribution in [1.29, 1.82) is 0 Å². The second-order valence-electron chi connectivity index (χ2n) is 4.55. The summed E-state index contributed by atoms with van der Waals surface area (Å²) < 4.78 is 19.1. The van der Waals surface area contributed by atoms with Crippen LogP contribution in [-0.4, -0.2) is 48.3 Å². The summed E-state index contributed by atoms with van der Waals surface area (Å²) in [5, 5.41) is 9.32. The molecular weight excluding hydrogens is 317 g/mol. The summed E-state index contributed by atoms with van der Waals surface area (Å²) in [5.74, 6) is -0.764. The fourth-order valence-electron chi connectivity index (χ4n) is 2.31. The lowest BCUT2D eigenvalue weighted by molar-refractivity contribution is 0.0647. The molecule has 1 N–H and O–H groups in total. The van der Waals surface area contributed by atoms with Gasteiger partial charge in [-0.2, -0.15) is 0 Å². The number of benzene rings is 1. The number of aliphatic hydroxyl groups excluding tert-OH is 1. The first-order chi connectivity index (χ1) is 9.05. The Balaban J connectivity index is 2.23. The van der Waals surface area contributed by atoms with E-state index in [0.29, 0.717) is 17.4 Å². The fourth-order valence-corrected chi connectivity index (χ4v) is 2.77. The summed E-state index contributed by atoms with van der Waals surface area (Å²) in [6, 6.07) is 3.78. The van der Waals surface area contributed by atoms with Gasteiger partial charge in [0.25, 0.3) is 5.91 Å². The second-order valence-corrected chi connectivity index (χ2v) is 5.46. The van der Waals surface area contributed by atoms with Crippen LogP contribution in [0.2, 0.25) is 0 Å². The number of amides is 1. The van der Waals surface area contributed by atoms with E-state index in [2.05, 4.69) is 15.9 Å². The van der Waals surface area contributed by atoms with Crippen molar-refractivity contribution in [3.63, 3.8) is 0 Å². The molecule has 0 spiro atoms. The number of nitrogens with zero attached hydrogens (tertiary/aromatic N) is 1. The Morgan fingerprint density at radius 3 is 2.89 bits per heavy atom. The minimum absolute atomic E-state index is 0.0851. The van der Waals surface area contributed by atoms with E-state index in [1.54, 1.807) is 13.2 Å². The molecule has 0 bridgehead atoms. The first-order valence-corrected chi connectivity index (χ1v) is 6.75. The van der Waals surface area contributed by atoms with Gasteiger partial charge in [0.2, 0.25) is 0 Å². The molecule has 0 aliphatic carbocycles. The Hall–Kier alpha value is -0.980. The zero-order valence-electron chi connectivity index (χ0n) is 10.5. The number of carbonyl (C=O) groups is 1. The van der Waals surface area contributed by atoms with Gasteiger partial charge in [-0.25, -0.2) is 4.39 Å². The van der Waals surface area contributed by atoms with Crippen molar-refractivity contribution in [2.75, 3.05) is 20.3 Å². The molecule has 0 saturated carbocycles. The second kappa shape index (κ2) is 5.98. The summed E-state index contributed by atoms with van der Waals surface area (Å²) in [5.41, 5.74) is 0.266. The molecule has 4 nitrogen and oxygen atoms in total. The molecule has 1 aromatic carbocycles. The fraction of sp³-hybridized carbons (Fsp3) is 0.462. The average Bonchev–Trinajstić information content (AvgIpc) is 2.80. The van der Waals surface area contributed by atoms with Crippen molar-refractivity contribution in [3.05, 3.63) is 34.1 Å². The quantitative estimate of drug-likeness (QED) is 0.919. The first-order valence-electron chi connectivity index (χ1n) is 5.96. The van der Waals surface area contributed by atoms with E-state index in [-0.39, 0.29) is 30.2 Å². The Labute approximate surface area is 119 Å². The normalized spacial score (nSPS) is 22.8. The van der Waals surface area contributed by atoms with E-state index in [9.17, 15) is 14.3 Å². The number of carbonyl (C=O) groups excluding carboxylic acids is 1. The topological polar surface area (TPSA) is 49.8 Å². The van der Waals surface area contributed by atoms with Gasteiger partial charge in [-0.1, -0.05) is 15.9 Å². The van der Waals surface area contributed by atoms with E-state index in [0.717, 1.165) is 0 Å². The van der Waals surface area contributed by atoms with Crippen LogP contribution >= 0.6 is 15.9 Å². The molecule has 1 fully saturated rings. The zero-order chi connectivity index (χ0) is 14.0. The number of ether oxygens (including phenoxy) is 1. The van der Waals surface area contributed by atoms with Gasteiger partial charge < -0.3 is 14.7 Å². The van der Waals surface area contributed by atoms with Gasteiger partial charge >= 0.3 is 0 Å². The molecule has 1 saturated heterocycles. The van der Waals surface area contributed by atoms with Crippen molar-refractivity contribution in [2.24, 2.45) is 0 Å². The standard InChI is InChI=1S/C13H15BrFNO3/c1-19-12-5-11(7-17)16(6-12)13(18)8-2-9(14)4-10(15)3-8/h2-4,11-12,17H,5-7H2,1H3/t11-,12-/m0/s1. The molecule has 1 aliphatic heterocycles. The predicted molar refractivity (Wildman–Crippen MR) is 71.4 cm³/mol. The van der Waals surface area contributed by atoms with Crippen molar-refractivity contribution in [1.82, 2.24) is 4.90 Å². The summed E-state index contributed by atoms with van der Waals surface area (Å²) >= 11 is 3.16. The minimum atomic E-state index is -0.472. The van der Waals surface area contributed by atoms with Crippen LogP contribution in [0.1, 0.15) is 16.8 Å². The van der Waals surface area contributed by atoms with Crippen molar-refractivity contribution < 1.29 is 19.0 Å². The SMILES string of the molecule is CO[C@H]1C[C@@H](CO)N(C(=O)c2cc(F)cc(Br)c2)C1. The van der Waals surface area contributed by atoms with E-state index in [1.165, 1.54) is 17.0 Å². The highest BCUT2D eigenvalue weighted by Crippen LogP contribution is 2.23. The summed E-state index contributed by atoms with van der Waals surface area (Å²) in [7, 11) is 1.58. The molecule has 0 aromatic heterocycles. The lowest BCUT2D eigenvalue weighted by Gasteiger charge is -2.22. The van der Waals surface area contributed by atoms with E-state index in [4.69, 9.17) is 4.74 Å². The van der Waals surface area contributed by atoms with Gasteiger partial charge in [0.05, 0.1) is 18.8 Å². The largest absolute Gasteiger partial charge is 0.394 e. The predicted octanol–water partition coefficient (Wildman–Crippen LogP) is 1.81. The summed E-state index contributed by atoms with van der Waals surface area (Å²) in [4.78, 5) is 13.9. The van der Waals surface area contributed by atoms with E-state index < -0.39 is 5.82 Å². The number of methoxy groups -OCH3 is 1. The molecule has 2 rings (SSSR count). The highest BCUT2D eigenvalue weighted by molar-refractivity contribution is 9.10. The molecular formula is C13H15BrFNO3. The highest BCUT2D eigenvalue weighted by Gasteiger charge is 2.35. The molecule has 1 heterocycles. The molecule has 0 unspecified atom stereocenters. The molecule has 1 aromatic rings. The van der Waals surface area contributed by atoms with Gasteiger partial charge in [0, 0.05) is 23.7 Å². The van der Waals surface area contributed by atoms with Crippen LogP contribution in [0.5, 0.6) is 0 Å². The van der Waals surface area contributed by atoms with Crippen LogP contribution in [-0.2, 0) is 4.74 Å². The van der Waals surface area contributed by atoms with Crippen molar-refractivity contribution >= 4 is 21.8 Å². The average molecular weight is 332 g/mol. The Kier molecular flexibility index (Phi) is 4.54. The van der Waals surface area contributed by atoms with E-state index >= 15 is 0 Å². The van der Waals surface area contributed by atoms with Gasteiger partial charge in [0.15, 0.2) is 0 Å². The minimum Gasteiger partial charge on any atom is -0.394 e. The zero-order valence-corrected chi connectivity index (χ0v) is 12.1. The first kappa shape index (κ1) is 14.4. The van der Waals surface area contributed by atoms with Crippen LogP contribution < -0.4 is 0 Å². The molecule has 1 aliphatic rings. The van der Waals surface area contributed by atoms with Crippen LogP contribution in [0.3, 0.4) is 0 Å². The van der Waals surface area contributed by atoms with Crippen LogP contribution in [0.25, 0.3) is 0 Å². The molecule has 2 atom stereocenters. The van der Waals surface area contributed by atoms with Gasteiger partial charge in [-0.05, 0) is 24.6 Å². The molecule has 1 amide bonds. The Morgan fingerprint density at radius 2 is 2.32 bits per heavy atom. The Bertz CT molecular complexity index is 463. The molecule has 104 valence electrons. The van der Waals surface area contributed by atoms with Crippen molar-refractivity contribution in [3.8, 4) is 0 Å².